The SMILES string of the molecule is O=C(O)CC(F)(F)c1cc(Cl)ccc1[N+](=O)[O-]. The van der Waals surface area contributed by atoms with Crippen LogP contribution in [0.2, 0.25) is 5.02 Å². The summed E-state index contributed by atoms with van der Waals surface area (Å²) in [6.45, 7) is 0. The molecule has 0 amide bonds. The second-order valence-corrected chi connectivity index (χ2v) is 3.63. The maximum absolute atomic E-state index is 13.5. The summed E-state index contributed by atoms with van der Waals surface area (Å²) in [5, 5.41) is 18.7. The Morgan fingerprint density at radius 3 is 2.59 bits per heavy atom. The van der Waals surface area contributed by atoms with Gasteiger partial charge in [0.15, 0.2) is 0 Å². The van der Waals surface area contributed by atoms with Crippen molar-refractivity contribution < 1.29 is 23.6 Å². The smallest absolute Gasteiger partial charge is 0.309 e. The van der Waals surface area contributed by atoms with Crippen molar-refractivity contribution in [3.63, 3.8) is 0 Å². The number of carbonyl (C=O) groups is 1. The van der Waals surface area contributed by atoms with Gasteiger partial charge < -0.3 is 5.11 Å². The van der Waals surface area contributed by atoms with E-state index in [1.165, 1.54) is 0 Å². The lowest BCUT2D eigenvalue weighted by Crippen LogP contribution is -2.20. The topological polar surface area (TPSA) is 80.4 Å². The molecule has 0 aliphatic rings. The van der Waals surface area contributed by atoms with Gasteiger partial charge in [0.1, 0.15) is 12.0 Å². The molecule has 8 heteroatoms. The van der Waals surface area contributed by atoms with E-state index in [1.807, 2.05) is 0 Å². The van der Waals surface area contributed by atoms with Gasteiger partial charge in [-0.1, -0.05) is 11.6 Å². The number of carboxylic acid groups (broad SMARTS) is 1. The largest absolute Gasteiger partial charge is 0.481 e. The van der Waals surface area contributed by atoms with Crippen LogP contribution >= 0.6 is 11.6 Å². The van der Waals surface area contributed by atoms with Crippen molar-refractivity contribution in [2.45, 2.75) is 12.3 Å². The zero-order valence-electron chi connectivity index (χ0n) is 8.19. The van der Waals surface area contributed by atoms with E-state index in [2.05, 4.69) is 0 Å². The third kappa shape index (κ3) is 3.10. The molecule has 0 unspecified atom stereocenters. The molecule has 0 aliphatic heterocycles. The van der Waals surface area contributed by atoms with Gasteiger partial charge in [-0.15, -0.1) is 0 Å². The molecule has 0 fully saturated rings. The summed E-state index contributed by atoms with van der Waals surface area (Å²) in [5.74, 6) is -5.61. The maximum atomic E-state index is 13.5. The first kappa shape index (κ1) is 13.3. The first-order valence-corrected chi connectivity index (χ1v) is 4.66. The summed E-state index contributed by atoms with van der Waals surface area (Å²) < 4.78 is 26.9. The molecule has 1 N–H and O–H groups in total. The highest BCUT2D eigenvalue weighted by molar-refractivity contribution is 6.30. The van der Waals surface area contributed by atoms with Gasteiger partial charge in [0.05, 0.1) is 4.92 Å². The first-order chi connectivity index (χ1) is 7.74. The van der Waals surface area contributed by atoms with Crippen LogP contribution < -0.4 is 0 Å². The monoisotopic (exact) mass is 265 g/mol. The van der Waals surface area contributed by atoms with Crippen molar-refractivity contribution in [1.82, 2.24) is 0 Å². The lowest BCUT2D eigenvalue weighted by Gasteiger charge is -2.14. The van der Waals surface area contributed by atoms with Gasteiger partial charge in [0.25, 0.3) is 11.6 Å². The van der Waals surface area contributed by atoms with Crippen molar-refractivity contribution in [2.75, 3.05) is 0 Å². The van der Waals surface area contributed by atoms with E-state index >= 15 is 0 Å². The van der Waals surface area contributed by atoms with Gasteiger partial charge in [-0.25, -0.2) is 8.78 Å². The van der Waals surface area contributed by atoms with E-state index in [0.717, 1.165) is 12.1 Å². The predicted octanol–water partition coefficient (Wildman–Crippen LogP) is 2.81. The number of carboxylic acids is 1. The van der Waals surface area contributed by atoms with E-state index in [9.17, 15) is 23.7 Å². The highest BCUT2D eigenvalue weighted by Gasteiger charge is 2.40. The predicted molar refractivity (Wildman–Crippen MR) is 54.3 cm³/mol. The molecule has 0 saturated heterocycles. The molecule has 17 heavy (non-hydrogen) atoms. The van der Waals surface area contributed by atoms with E-state index in [4.69, 9.17) is 16.7 Å². The minimum atomic E-state index is -3.85. The zero-order chi connectivity index (χ0) is 13.2. The number of benzene rings is 1. The second-order valence-electron chi connectivity index (χ2n) is 3.19. The molecule has 1 aromatic rings. The molecule has 1 rings (SSSR count). The van der Waals surface area contributed by atoms with E-state index < -0.39 is 34.5 Å². The molecule has 0 aliphatic carbocycles. The lowest BCUT2D eigenvalue weighted by molar-refractivity contribution is -0.387. The van der Waals surface area contributed by atoms with Gasteiger partial charge in [-0.3, -0.25) is 14.9 Å². The number of nitro groups is 1. The van der Waals surface area contributed by atoms with E-state index in [-0.39, 0.29) is 5.02 Å². The van der Waals surface area contributed by atoms with Crippen LogP contribution in [0.1, 0.15) is 12.0 Å². The van der Waals surface area contributed by atoms with Crippen LogP contribution in [-0.4, -0.2) is 16.0 Å². The third-order valence-electron chi connectivity index (χ3n) is 1.92. The minimum Gasteiger partial charge on any atom is -0.481 e. The molecule has 0 atom stereocenters. The number of nitro benzene ring substituents is 1. The molecule has 0 radical (unpaired) electrons. The highest BCUT2D eigenvalue weighted by atomic mass is 35.5. The van der Waals surface area contributed by atoms with Crippen LogP contribution in [0.25, 0.3) is 0 Å². The number of hydrogen-bond acceptors (Lipinski definition) is 3. The van der Waals surface area contributed by atoms with Crippen LogP contribution in [0.15, 0.2) is 18.2 Å². The number of rotatable bonds is 4. The van der Waals surface area contributed by atoms with Crippen molar-refractivity contribution in [1.29, 1.82) is 0 Å². The number of aliphatic carboxylic acids is 1. The van der Waals surface area contributed by atoms with Crippen LogP contribution in [0.5, 0.6) is 0 Å². The van der Waals surface area contributed by atoms with Crippen LogP contribution in [0, 0.1) is 10.1 Å². The fraction of sp³-hybridized carbons (Fsp3) is 0.222. The molecule has 5 nitrogen and oxygen atoms in total. The summed E-state index contributed by atoms with van der Waals surface area (Å²) in [4.78, 5) is 19.8. The van der Waals surface area contributed by atoms with Crippen LogP contribution in [0.4, 0.5) is 14.5 Å². The summed E-state index contributed by atoms with van der Waals surface area (Å²) in [5.41, 5.74) is -1.86. The average Bonchev–Trinajstić information content (AvgIpc) is 2.14. The van der Waals surface area contributed by atoms with Crippen molar-refractivity contribution in [2.24, 2.45) is 0 Å². The summed E-state index contributed by atoms with van der Waals surface area (Å²) in [6, 6.07) is 2.59. The molecule has 1 aromatic carbocycles. The Hall–Kier alpha value is -1.76. The standard InChI is InChI=1S/C9H6ClF2NO4/c10-5-1-2-7(13(16)17)6(3-5)9(11,12)4-8(14)15/h1-3H,4H2,(H,14,15). The third-order valence-corrected chi connectivity index (χ3v) is 2.16. The highest BCUT2D eigenvalue weighted by Crippen LogP contribution is 2.38. The zero-order valence-corrected chi connectivity index (χ0v) is 8.95. The Labute approximate surface area is 98.8 Å². The first-order valence-electron chi connectivity index (χ1n) is 4.28. The molecule has 0 bridgehead atoms. The van der Waals surface area contributed by atoms with E-state index in [1.54, 1.807) is 0 Å². The molecule has 0 saturated carbocycles. The second kappa shape index (κ2) is 4.62. The van der Waals surface area contributed by atoms with Crippen LogP contribution in [-0.2, 0) is 10.7 Å². The van der Waals surface area contributed by atoms with Crippen LogP contribution in [0.3, 0.4) is 0 Å². The van der Waals surface area contributed by atoms with Gasteiger partial charge in [-0.05, 0) is 12.1 Å². The summed E-state index contributed by atoms with van der Waals surface area (Å²) in [7, 11) is 0. The Morgan fingerprint density at radius 2 is 2.12 bits per heavy atom. The quantitative estimate of drug-likeness (QED) is 0.670. The maximum Gasteiger partial charge on any atom is 0.309 e. The summed E-state index contributed by atoms with van der Waals surface area (Å²) in [6.07, 6.45) is -1.53. The summed E-state index contributed by atoms with van der Waals surface area (Å²) >= 11 is 5.46. The Bertz CT molecular complexity index is 478. The number of hydrogen-bond donors (Lipinski definition) is 1. The number of halogens is 3. The molecule has 92 valence electrons. The van der Waals surface area contributed by atoms with Crippen molar-refractivity contribution in [3.05, 3.63) is 38.9 Å². The van der Waals surface area contributed by atoms with Gasteiger partial charge in [0.2, 0.25) is 0 Å². The van der Waals surface area contributed by atoms with Gasteiger partial charge in [0, 0.05) is 11.1 Å². The molecular formula is C9H6ClF2NO4. The fourth-order valence-electron chi connectivity index (χ4n) is 1.25. The van der Waals surface area contributed by atoms with Crippen molar-refractivity contribution >= 4 is 23.3 Å². The van der Waals surface area contributed by atoms with Gasteiger partial charge in [-0.2, -0.15) is 0 Å². The van der Waals surface area contributed by atoms with E-state index in [0.29, 0.717) is 6.07 Å². The van der Waals surface area contributed by atoms with Crippen molar-refractivity contribution in [3.8, 4) is 0 Å². The molecule has 0 spiro atoms. The Morgan fingerprint density at radius 1 is 1.53 bits per heavy atom. The fourth-order valence-corrected chi connectivity index (χ4v) is 1.42. The Kier molecular flexibility index (Phi) is 3.62. The average molecular weight is 266 g/mol. The molecular weight excluding hydrogens is 260 g/mol. The molecule has 0 heterocycles. The Balaban J connectivity index is 3.32. The number of nitrogens with zero attached hydrogens (tertiary/aromatic N) is 1. The van der Waals surface area contributed by atoms with Gasteiger partial charge >= 0.3 is 5.97 Å². The normalized spacial score (nSPS) is 11.2. The number of alkyl halides is 2. The molecule has 0 aromatic heterocycles. The minimum absolute atomic E-state index is 0.129. The lowest BCUT2D eigenvalue weighted by atomic mass is 10.0.